The number of aliphatic hydroxyl groups is 4. The molecule has 7 N–H and O–H groups in total. The summed E-state index contributed by atoms with van der Waals surface area (Å²) in [4.78, 5) is 25.0. The zero-order valence-corrected chi connectivity index (χ0v) is 25.0. The number of aliphatic hydroxyl groups excluding tert-OH is 4. The summed E-state index contributed by atoms with van der Waals surface area (Å²) in [5.74, 6) is -0.142. The summed E-state index contributed by atoms with van der Waals surface area (Å²) in [7, 11) is 0. The van der Waals surface area contributed by atoms with Gasteiger partial charge in [0.15, 0.2) is 5.78 Å². The molecular weight excluding hydrogens is 564 g/mol. The molecule has 1 fully saturated rings. The summed E-state index contributed by atoms with van der Waals surface area (Å²) in [5, 5.41) is 56.7. The van der Waals surface area contributed by atoms with E-state index in [0.29, 0.717) is 32.2 Å². The van der Waals surface area contributed by atoms with E-state index < -0.39 is 43.2 Å². The van der Waals surface area contributed by atoms with Gasteiger partial charge in [0.05, 0.1) is 12.6 Å². The van der Waals surface area contributed by atoms with Crippen LogP contribution in [0.1, 0.15) is 52.8 Å². The molecular formula is C34H42N2O8. The van der Waals surface area contributed by atoms with E-state index in [0.717, 1.165) is 27.8 Å². The van der Waals surface area contributed by atoms with Crippen LogP contribution in [0.5, 0.6) is 5.75 Å². The lowest BCUT2D eigenvalue weighted by Gasteiger charge is -2.40. The quantitative estimate of drug-likeness (QED) is 0.165. The Bertz CT molecular complexity index is 1400. The van der Waals surface area contributed by atoms with Gasteiger partial charge >= 0.3 is 6.03 Å². The number of nitrogens with one attached hydrogen (secondary N) is 2. The number of urea groups is 1. The highest BCUT2D eigenvalue weighted by Crippen LogP contribution is 2.38. The van der Waals surface area contributed by atoms with Gasteiger partial charge in [0.1, 0.15) is 36.3 Å². The van der Waals surface area contributed by atoms with Crippen molar-refractivity contribution in [1.82, 2.24) is 10.6 Å². The number of benzene rings is 3. The first-order valence-electron chi connectivity index (χ1n) is 14.9. The smallest absolute Gasteiger partial charge is 0.315 e. The molecule has 6 atom stereocenters. The average molecular weight is 607 g/mol. The molecule has 3 aromatic rings. The van der Waals surface area contributed by atoms with Gasteiger partial charge in [0.2, 0.25) is 0 Å². The minimum Gasteiger partial charge on any atom is -0.508 e. The highest BCUT2D eigenvalue weighted by atomic mass is 16.5. The minimum atomic E-state index is -1.54. The molecule has 2 amide bonds. The van der Waals surface area contributed by atoms with E-state index in [4.69, 9.17) is 4.74 Å². The number of phenols is 1. The number of carbonyl (C=O) groups is 2. The summed E-state index contributed by atoms with van der Waals surface area (Å²) < 4.78 is 5.66. The number of hydrogen-bond donors (Lipinski definition) is 7. The maximum absolute atomic E-state index is 12.5. The maximum Gasteiger partial charge on any atom is 0.315 e. The van der Waals surface area contributed by atoms with Crippen LogP contribution in [0.25, 0.3) is 0 Å². The molecule has 1 aliphatic heterocycles. The van der Waals surface area contributed by atoms with Crippen molar-refractivity contribution in [1.29, 1.82) is 0 Å². The molecule has 0 bridgehead atoms. The molecule has 10 heteroatoms. The van der Waals surface area contributed by atoms with Crippen LogP contribution < -0.4 is 10.6 Å². The van der Waals surface area contributed by atoms with Crippen molar-refractivity contribution in [3.05, 3.63) is 100 Å². The zero-order chi connectivity index (χ0) is 31.8. The molecule has 0 spiro atoms. The molecule has 0 saturated carbocycles. The zero-order valence-electron chi connectivity index (χ0n) is 25.0. The van der Waals surface area contributed by atoms with Crippen molar-refractivity contribution >= 4 is 11.8 Å². The topological polar surface area (TPSA) is 169 Å². The Kier molecular flexibility index (Phi) is 11.5. The number of amides is 2. The molecule has 10 nitrogen and oxygen atoms in total. The van der Waals surface area contributed by atoms with Gasteiger partial charge in [-0.2, -0.15) is 0 Å². The van der Waals surface area contributed by atoms with E-state index in [1.54, 1.807) is 19.1 Å². The summed E-state index contributed by atoms with van der Waals surface area (Å²) in [5.41, 5.74) is 4.94. The van der Waals surface area contributed by atoms with Gasteiger partial charge in [-0.15, -0.1) is 0 Å². The number of phenolic OH excluding ortho intramolecular Hbond substituents is 1. The lowest BCUT2D eigenvalue weighted by molar-refractivity contribution is -0.232. The van der Waals surface area contributed by atoms with E-state index in [1.165, 1.54) is 0 Å². The fourth-order valence-electron chi connectivity index (χ4n) is 5.45. The molecule has 0 radical (unpaired) electrons. The van der Waals surface area contributed by atoms with E-state index in [-0.39, 0.29) is 23.1 Å². The minimum absolute atomic E-state index is 0.0243. The normalized spacial score (nSPS) is 22.3. The first kappa shape index (κ1) is 33.1. The molecule has 1 aliphatic rings. The number of aromatic hydroxyl groups is 1. The van der Waals surface area contributed by atoms with Crippen LogP contribution in [0.3, 0.4) is 0 Å². The molecule has 0 unspecified atom stereocenters. The SMILES string of the molecule is CCC(=O)[C@H](Cc1ccccc1)NC(=O)NCCc1ccc(Cc2cc([C@@H]3O[C@H](CO)[C@@H](O)[C@H](O)[C@H]3O)c(O)cc2C)cc1. The number of ether oxygens (including phenoxy) is 1. The monoisotopic (exact) mass is 606 g/mol. The predicted molar refractivity (Wildman–Crippen MR) is 164 cm³/mol. The molecule has 1 heterocycles. The van der Waals surface area contributed by atoms with Crippen LogP contribution in [0.4, 0.5) is 4.79 Å². The van der Waals surface area contributed by atoms with Crippen molar-refractivity contribution < 1.29 is 39.9 Å². The third-order valence-electron chi connectivity index (χ3n) is 8.13. The molecule has 1 saturated heterocycles. The third-order valence-corrected chi connectivity index (χ3v) is 8.13. The Morgan fingerprint density at radius 1 is 0.909 bits per heavy atom. The molecule has 44 heavy (non-hydrogen) atoms. The standard InChI is InChI=1S/C34H42N2O8/c1-3-27(38)26(17-22-7-5-4-6-8-22)36-34(43)35-14-13-21-9-11-23(12-10-21)16-24-18-25(28(39)15-20(24)2)33-32(42)31(41)30(40)29(19-37)44-33/h4-12,15,18,26,29-33,37,39-42H,3,13-14,16-17,19H2,1-2H3,(H2,35,36,43)/t26-,29+,30+,31-,32+,33-/m0/s1. The number of ketones is 1. The van der Waals surface area contributed by atoms with E-state index >= 15 is 0 Å². The van der Waals surface area contributed by atoms with Gasteiger partial charge in [0.25, 0.3) is 0 Å². The number of aryl methyl sites for hydroxylation is 1. The summed E-state index contributed by atoms with van der Waals surface area (Å²) in [6.07, 6.45) is -4.84. The number of Topliss-reactive ketones (excluding diaryl/α,β-unsaturated/α-hetero) is 1. The average Bonchev–Trinajstić information content (AvgIpc) is 3.02. The maximum atomic E-state index is 12.5. The van der Waals surface area contributed by atoms with Gasteiger partial charge in [-0.3, -0.25) is 4.79 Å². The first-order chi connectivity index (χ1) is 21.1. The first-order valence-corrected chi connectivity index (χ1v) is 14.9. The summed E-state index contributed by atoms with van der Waals surface area (Å²) in [6, 6.07) is 19.8. The fourth-order valence-corrected chi connectivity index (χ4v) is 5.45. The lowest BCUT2D eigenvalue weighted by atomic mass is 9.88. The molecule has 236 valence electrons. The van der Waals surface area contributed by atoms with Gasteiger partial charge in [-0.05, 0) is 66.1 Å². The molecule has 4 rings (SSSR count). The van der Waals surface area contributed by atoms with Crippen LogP contribution >= 0.6 is 0 Å². The number of carbonyl (C=O) groups excluding carboxylic acids is 2. The Hall–Kier alpha value is -3.80. The summed E-state index contributed by atoms with van der Waals surface area (Å²) >= 11 is 0. The Morgan fingerprint density at radius 3 is 2.25 bits per heavy atom. The van der Waals surface area contributed by atoms with Crippen molar-refractivity contribution in [2.45, 2.75) is 76.1 Å². The van der Waals surface area contributed by atoms with Gasteiger partial charge in [-0.1, -0.05) is 61.5 Å². The Morgan fingerprint density at radius 2 is 1.59 bits per heavy atom. The van der Waals surface area contributed by atoms with E-state index in [1.807, 2.05) is 61.5 Å². The van der Waals surface area contributed by atoms with E-state index in [2.05, 4.69) is 10.6 Å². The van der Waals surface area contributed by atoms with Crippen molar-refractivity contribution in [2.75, 3.05) is 13.2 Å². The largest absolute Gasteiger partial charge is 0.508 e. The van der Waals surface area contributed by atoms with Gasteiger partial charge in [0, 0.05) is 18.5 Å². The predicted octanol–water partition coefficient (Wildman–Crippen LogP) is 2.24. The highest BCUT2D eigenvalue weighted by Gasteiger charge is 2.44. The van der Waals surface area contributed by atoms with Crippen molar-refractivity contribution in [2.24, 2.45) is 0 Å². The second-order valence-corrected chi connectivity index (χ2v) is 11.3. The third kappa shape index (κ3) is 8.22. The molecule has 3 aromatic carbocycles. The highest BCUT2D eigenvalue weighted by molar-refractivity contribution is 5.88. The van der Waals surface area contributed by atoms with Gasteiger partial charge in [-0.25, -0.2) is 4.79 Å². The molecule has 0 aromatic heterocycles. The molecule has 0 aliphatic carbocycles. The van der Waals surface area contributed by atoms with Crippen LogP contribution in [-0.4, -0.2) is 81.0 Å². The van der Waals surface area contributed by atoms with Gasteiger partial charge < -0.3 is 40.9 Å². The second kappa shape index (κ2) is 15.3. The van der Waals surface area contributed by atoms with E-state index in [9.17, 15) is 35.1 Å². The Labute approximate surface area is 257 Å². The second-order valence-electron chi connectivity index (χ2n) is 11.3. The number of rotatable bonds is 12. The fraction of sp³-hybridized carbons (Fsp3) is 0.412. The van der Waals surface area contributed by atoms with Crippen LogP contribution in [0, 0.1) is 6.92 Å². The Balaban J connectivity index is 1.34. The summed E-state index contributed by atoms with van der Waals surface area (Å²) in [6.45, 7) is 3.48. The van der Waals surface area contributed by atoms with Crippen molar-refractivity contribution in [3.8, 4) is 5.75 Å². The van der Waals surface area contributed by atoms with Crippen LogP contribution in [0.2, 0.25) is 0 Å². The van der Waals surface area contributed by atoms with Crippen LogP contribution in [0.15, 0.2) is 66.7 Å². The lowest BCUT2D eigenvalue weighted by Crippen LogP contribution is -2.55. The van der Waals surface area contributed by atoms with Crippen LogP contribution in [-0.2, 0) is 28.8 Å². The number of hydrogen-bond acceptors (Lipinski definition) is 8. The van der Waals surface area contributed by atoms with Crippen molar-refractivity contribution in [3.63, 3.8) is 0 Å².